The number of allylic oxidation sites excluding steroid dienone is 2. The van der Waals surface area contributed by atoms with Gasteiger partial charge in [0, 0.05) is 11.8 Å². The summed E-state index contributed by atoms with van der Waals surface area (Å²) >= 11 is 0. The fourth-order valence-electron chi connectivity index (χ4n) is 3.21. The SMILES string of the molecule is C#CCNc1ccc(C2CC(=O)c3cc(CC=C(C)C)c(OC)cc3O2)cc1. The van der Waals surface area contributed by atoms with Crippen LogP contribution in [0.4, 0.5) is 5.69 Å². The van der Waals surface area contributed by atoms with E-state index in [9.17, 15) is 4.79 Å². The van der Waals surface area contributed by atoms with Crippen LogP contribution in [0, 0.1) is 12.3 Å². The Morgan fingerprint density at radius 3 is 2.71 bits per heavy atom. The summed E-state index contributed by atoms with van der Waals surface area (Å²) in [6, 6.07) is 11.5. The smallest absolute Gasteiger partial charge is 0.170 e. The van der Waals surface area contributed by atoms with Crippen molar-refractivity contribution >= 4 is 11.5 Å². The minimum Gasteiger partial charge on any atom is -0.496 e. The maximum Gasteiger partial charge on any atom is 0.170 e. The number of hydrogen-bond acceptors (Lipinski definition) is 4. The highest BCUT2D eigenvalue weighted by Crippen LogP contribution is 2.39. The number of Topliss-reactive ketones (excluding diaryl/α,β-unsaturated/α-hetero) is 1. The molecule has 28 heavy (non-hydrogen) atoms. The molecule has 0 saturated heterocycles. The molecule has 3 rings (SSSR count). The fraction of sp³-hybridized carbons (Fsp3) is 0.292. The summed E-state index contributed by atoms with van der Waals surface area (Å²) in [4.78, 5) is 12.8. The first-order chi connectivity index (χ1) is 13.5. The van der Waals surface area contributed by atoms with E-state index in [2.05, 4.69) is 31.2 Å². The van der Waals surface area contributed by atoms with Crippen molar-refractivity contribution in [1.29, 1.82) is 0 Å². The van der Waals surface area contributed by atoms with Gasteiger partial charge in [0.15, 0.2) is 5.78 Å². The minimum absolute atomic E-state index is 0.0851. The number of nitrogens with one attached hydrogen (secondary N) is 1. The van der Waals surface area contributed by atoms with Gasteiger partial charge in [-0.25, -0.2) is 0 Å². The zero-order valence-corrected chi connectivity index (χ0v) is 16.5. The first-order valence-corrected chi connectivity index (χ1v) is 9.33. The van der Waals surface area contributed by atoms with Gasteiger partial charge >= 0.3 is 0 Å². The number of hydrogen-bond donors (Lipinski definition) is 1. The van der Waals surface area contributed by atoms with Gasteiger partial charge in [-0.15, -0.1) is 6.42 Å². The first kappa shape index (κ1) is 19.6. The molecular formula is C24H25NO3. The van der Waals surface area contributed by atoms with Gasteiger partial charge in [0.25, 0.3) is 0 Å². The summed E-state index contributed by atoms with van der Waals surface area (Å²) in [6.07, 6.45) is 8.12. The van der Waals surface area contributed by atoms with Gasteiger partial charge in [-0.2, -0.15) is 0 Å². The molecule has 1 unspecified atom stereocenters. The molecule has 0 bridgehead atoms. The van der Waals surface area contributed by atoms with Gasteiger partial charge in [0.05, 0.1) is 25.6 Å². The normalized spacial score (nSPS) is 15.1. The van der Waals surface area contributed by atoms with Crippen molar-refractivity contribution in [3.8, 4) is 23.8 Å². The van der Waals surface area contributed by atoms with E-state index in [1.54, 1.807) is 7.11 Å². The molecular weight excluding hydrogens is 350 g/mol. The highest BCUT2D eigenvalue weighted by molar-refractivity contribution is 6.00. The monoisotopic (exact) mass is 375 g/mol. The zero-order valence-electron chi connectivity index (χ0n) is 16.5. The molecule has 1 aliphatic heterocycles. The number of carbonyl (C=O) groups is 1. The summed E-state index contributed by atoms with van der Waals surface area (Å²) < 4.78 is 11.7. The lowest BCUT2D eigenvalue weighted by Gasteiger charge is -2.27. The third-order valence-electron chi connectivity index (χ3n) is 4.73. The van der Waals surface area contributed by atoms with E-state index in [0.29, 0.717) is 24.3 Å². The van der Waals surface area contributed by atoms with Crippen LogP contribution in [0.1, 0.15) is 47.9 Å². The van der Waals surface area contributed by atoms with Crippen molar-refractivity contribution in [2.75, 3.05) is 19.0 Å². The van der Waals surface area contributed by atoms with Crippen molar-refractivity contribution in [2.45, 2.75) is 32.8 Å². The minimum atomic E-state index is -0.310. The summed E-state index contributed by atoms with van der Waals surface area (Å²) in [7, 11) is 1.64. The Balaban J connectivity index is 1.85. The molecule has 144 valence electrons. The molecule has 0 spiro atoms. The van der Waals surface area contributed by atoms with E-state index < -0.39 is 0 Å². The fourth-order valence-corrected chi connectivity index (χ4v) is 3.21. The van der Waals surface area contributed by atoms with Crippen LogP contribution in [-0.4, -0.2) is 19.4 Å². The Morgan fingerprint density at radius 2 is 2.07 bits per heavy atom. The molecule has 0 saturated carbocycles. The van der Waals surface area contributed by atoms with E-state index in [4.69, 9.17) is 15.9 Å². The predicted octanol–water partition coefficient (Wildman–Crippen LogP) is 4.96. The molecule has 2 aromatic carbocycles. The molecule has 0 aliphatic carbocycles. The number of rotatable bonds is 6. The lowest BCUT2D eigenvalue weighted by atomic mass is 9.94. The Labute approximate surface area is 166 Å². The highest BCUT2D eigenvalue weighted by Gasteiger charge is 2.29. The lowest BCUT2D eigenvalue weighted by Crippen LogP contribution is -2.20. The van der Waals surface area contributed by atoms with Crippen LogP contribution in [0.2, 0.25) is 0 Å². The molecule has 0 amide bonds. The molecule has 2 aromatic rings. The lowest BCUT2D eigenvalue weighted by molar-refractivity contribution is 0.0849. The predicted molar refractivity (Wildman–Crippen MR) is 112 cm³/mol. The van der Waals surface area contributed by atoms with Crippen molar-refractivity contribution < 1.29 is 14.3 Å². The first-order valence-electron chi connectivity index (χ1n) is 9.33. The standard InChI is InChI=1S/C24H25NO3/c1-5-12-25-19-10-8-17(9-11-19)23-14-21(26)20-13-18(7-6-16(2)3)22(27-4)15-24(20)28-23/h1,6,8-11,13,15,23,25H,7,12,14H2,2-4H3. The quantitative estimate of drug-likeness (QED) is 0.573. The van der Waals surface area contributed by atoms with Crippen molar-refractivity contribution in [1.82, 2.24) is 0 Å². The van der Waals surface area contributed by atoms with E-state index in [1.807, 2.05) is 36.4 Å². The number of fused-ring (bicyclic) bond motifs is 1. The van der Waals surface area contributed by atoms with Crippen LogP contribution in [0.15, 0.2) is 48.0 Å². The van der Waals surface area contributed by atoms with Crippen molar-refractivity contribution in [3.05, 3.63) is 64.7 Å². The summed E-state index contributed by atoms with van der Waals surface area (Å²) in [5, 5.41) is 3.12. The second-order valence-corrected chi connectivity index (χ2v) is 7.06. The Kier molecular flexibility index (Phi) is 6.06. The molecule has 1 atom stereocenters. The highest BCUT2D eigenvalue weighted by atomic mass is 16.5. The molecule has 0 aromatic heterocycles. The molecule has 0 radical (unpaired) electrons. The summed E-state index contributed by atoms with van der Waals surface area (Å²) in [5.74, 6) is 3.94. The van der Waals surface area contributed by atoms with Crippen LogP contribution in [-0.2, 0) is 6.42 Å². The van der Waals surface area contributed by atoms with E-state index in [0.717, 1.165) is 29.0 Å². The van der Waals surface area contributed by atoms with Gasteiger partial charge in [0.2, 0.25) is 0 Å². The van der Waals surface area contributed by atoms with E-state index in [1.165, 1.54) is 5.57 Å². The summed E-state index contributed by atoms with van der Waals surface area (Å²) in [5.41, 5.74) is 4.73. The second-order valence-electron chi connectivity index (χ2n) is 7.06. The van der Waals surface area contributed by atoms with Crippen LogP contribution < -0.4 is 14.8 Å². The summed E-state index contributed by atoms with van der Waals surface area (Å²) in [6.45, 7) is 4.58. The molecule has 1 heterocycles. The van der Waals surface area contributed by atoms with Crippen LogP contribution >= 0.6 is 0 Å². The van der Waals surface area contributed by atoms with Crippen molar-refractivity contribution in [2.24, 2.45) is 0 Å². The third kappa shape index (κ3) is 4.37. The second kappa shape index (κ2) is 8.67. The number of benzene rings is 2. The van der Waals surface area contributed by atoms with Crippen LogP contribution in [0.25, 0.3) is 0 Å². The number of methoxy groups -OCH3 is 1. The Hall–Kier alpha value is -3.19. The van der Waals surface area contributed by atoms with Crippen LogP contribution in [0.3, 0.4) is 0 Å². The van der Waals surface area contributed by atoms with Crippen molar-refractivity contribution in [3.63, 3.8) is 0 Å². The van der Waals surface area contributed by atoms with Gasteiger partial charge in [-0.05, 0) is 49.6 Å². The Bertz CT molecular complexity index is 932. The van der Waals surface area contributed by atoms with Gasteiger partial charge in [0.1, 0.15) is 17.6 Å². The average Bonchev–Trinajstić information content (AvgIpc) is 2.70. The molecule has 4 heteroatoms. The number of terminal acetylenes is 1. The molecule has 1 N–H and O–H groups in total. The topological polar surface area (TPSA) is 47.6 Å². The third-order valence-corrected chi connectivity index (χ3v) is 4.73. The number of anilines is 1. The van der Waals surface area contributed by atoms with Crippen LogP contribution in [0.5, 0.6) is 11.5 Å². The van der Waals surface area contributed by atoms with E-state index in [-0.39, 0.29) is 11.9 Å². The Morgan fingerprint density at radius 1 is 1.32 bits per heavy atom. The van der Waals surface area contributed by atoms with Gasteiger partial charge < -0.3 is 14.8 Å². The maximum absolute atomic E-state index is 12.8. The molecule has 4 nitrogen and oxygen atoms in total. The van der Waals surface area contributed by atoms with E-state index >= 15 is 0 Å². The zero-order chi connectivity index (χ0) is 20.1. The van der Waals surface area contributed by atoms with Gasteiger partial charge in [-0.1, -0.05) is 29.7 Å². The number of ketones is 1. The maximum atomic E-state index is 12.8. The molecule has 0 fully saturated rings. The largest absolute Gasteiger partial charge is 0.496 e. The molecule has 1 aliphatic rings. The number of carbonyl (C=O) groups excluding carboxylic acids is 1. The van der Waals surface area contributed by atoms with Gasteiger partial charge in [-0.3, -0.25) is 4.79 Å². The number of ether oxygens (including phenoxy) is 2. The average molecular weight is 375 g/mol.